The third-order valence-corrected chi connectivity index (χ3v) is 6.07. The average Bonchev–Trinajstić information content (AvgIpc) is 3.38. The second kappa shape index (κ2) is 7.56. The van der Waals surface area contributed by atoms with Crippen LogP contribution in [-0.2, 0) is 13.6 Å². The first-order valence-corrected chi connectivity index (χ1v) is 10.4. The SMILES string of the molecule is Cc1cc(-c2cnn(C)c2)ccc1CN1CCC[C@@H]1c1ccc2c(c1)OCCO2. The quantitative estimate of drug-likeness (QED) is 0.658. The van der Waals surface area contributed by atoms with Crippen molar-refractivity contribution in [2.24, 2.45) is 7.05 Å². The Bertz CT molecular complexity index is 1030. The maximum absolute atomic E-state index is 5.80. The van der Waals surface area contributed by atoms with Gasteiger partial charge in [-0.2, -0.15) is 5.10 Å². The van der Waals surface area contributed by atoms with Gasteiger partial charge in [0.2, 0.25) is 0 Å². The zero-order chi connectivity index (χ0) is 19.8. The number of aryl methyl sites for hydroxylation is 2. The van der Waals surface area contributed by atoms with Crippen LogP contribution < -0.4 is 9.47 Å². The van der Waals surface area contributed by atoms with E-state index in [-0.39, 0.29) is 0 Å². The van der Waals surface area contributed by atoms with Gasteiger partial charge in [-0.05, 0) is 60.7 Å². The minimum Gasteiger partial charge on any atom is -0.486 e. The monoisotopic (exact) mass is 389 g/mol. The van der Waals surface area contributed by atoms with Crippen molar-refractivity contribution < 1.29 is 9.47 Å². The highest BCUT2D eigenvalue weighted by atomic mass is 16.6. The van der Waals surface area contributed by atoms with E-state index in [2.05, 4.69) is 59.5 Å². The Morgan fingerprint density at radius 2 is 1.90 bits per heavy atom. The number of likely N-dealkylation sites (tertiary alicyclic amines) is 1. The molecule has 3 heterocycles. The topological polar surface area (TPSA) is 39.5 Å². The highest BCUT2D eigenvalue weighted by Gasteiger charge is 2.27. The van der Waals surface area contributed by atoms with Gasteiger partial charge in [0.25, 0.3) is 0 Å². The van der Waals surface area contributed by atoms with E-state index < -0.39 is 0 Å². The summed E-state index contributed by atoms with van der Waals surface area (Å²) in [4.78, 5) is 2.59. The predicted octanol–water partition coefficient (Wildman–Crippen LogP) is 4.50. The van der Waals surface area contributed by atoms with Crippen LogP contribution in [0.1, 0.15) is 35.6 Å². The predicted molar refractivity (Wildman–Crippen MR) is 113 cm³/mol. The van der Waals surface area contributed by atoms with Crippen LogP contribution in [0.15, 0.2) is 48.8 Å². The lowest BCUT2D eigenvalue weighted by molar-refractivity contribution is 0.170. The van der Waals surface area contributed by atoms with Gasteiger partial charge in [0.1, 0.15) is 13.2 Å². The molecule has 1 fully saturated rings. The van der Waals surface area contributed by atoms with Crippen LogP contribution >= 0.6 is 0 Å². The number of ether oxygens (including phenoxy) is 2. The molecule has 1 atom stereocenters. The average molecular weight is 389 g/mol. The zero-order valence-electron chi connectivity index (χ0n) is 17.1. The van der Waals surface area contributed by atoms with Crippen LogP contribution in [0.5, 0.6) is 11.5 Å². The lowest BCUT2D eigenvalue weighted by Crippen LogP contribution is -2.23. The summed E-state index contributed by atoms with van der Waals surface area (Å²) in [7, 11) is 1.95. The molecule has 2 aliphatic heterocycles. The number of hydrogen-bond acceptors (Lipinski definition) is 4. The molecule has 0 amide bonds. The third kappa shape index (κ3) is 3.62. The molecule has 29 heavy (non-hydrogen) atoms. The molecule has 0 saturated carbocycles. The van der Waals surface area contributed by atoms with Crippen molar-refractivity contribution in [2.75, 3.05) is 19.8 Å². The van der Waals surface area contributed by atoms with Crippen molar-refractivity contribution in [3.63, 3.8) is 0 Å². The van der Waals surface area contributed by atoms with E-state index in [9.17, 15) is 0 Å². The summed E-state index contributed by atoms with van der Waals surface area (Å²) < 4.78 is 13.3. The zero-order valence-corrected chi connectivity index (χ0v) is 17.1. The summed E-state index contributed by atoms with van der Waals surface area (Å²) in [5.74, 6) is 1.75. The highest BCUT2D eigenvalue weighted by molar-refractivity contribution is 5.63. The molecule has 0 radical (unpaired) electrons. The number of benzene rings is 2. The van der Waals surface area contributed by atoms with Gasteiger partial charge >= 0.3 is 0 Å². The maximum Gasteiger partial charge on any atom is 0.161 e. The first-order valence-electron chi connectivity index (χ1n) is 10.4. The molecule has 5 heteroatoms. The molecule has 0 unspecified atom stereocenters. The van der Waals surface area contributed by atoms with E-state index in [1.165, 1.54) is 35.1 Å². The fourth-order valence-corrected chi connectivity index (χ4v) is 4.50. The first-order chi connectivity index (χ1) is 14.2. The standard InChI is InChI=1S/C24H27N3O2/c1-17-12-18(21-14-25-26(2)15-21)5-6-20(17)16-27-9-3-4-22(27)19-7-8-23-24(13-19)29-11-10-28-23/h5-8,12-15,22H,3-4,9-11,16H2,1-2H3/t22-/m1/s1. The molecular weight excluding hydrogens is 362 g/mol. The molecule has 3 aromatic rings. The van der Waals surface area contributed by atoms with Crippen LogP contribution in [0, 0.1) is 6.92 Å². The summed E-state index contributed by atoms with van der Waals surface area (Å²) >= 11 is 0. The first kappa shape index (κ1) is 18.3. The van der Waals surface area contributed by atoms with Gasteiger partial charge in [-0.25, -0.2) is 0 Å². The maximum atomic E-state index is 5.80. The number of fused-ring (bicyclic) bond motifs is 1. The molecule has 5 nitrogen and oxygen atoms in total. The molecule has 1 saturated heterocycles. The molecule has 0 bridgehead atoms. The van der Waals surface area contributed by atoms with Crippen molar-refractivity contribution in [1.29, 1.82) is 0 Å². The molecule has 5 rings (SSSR count). The number of hydrogen-bond donors (Lipinski definition) is 0. The molecule has 0 aliphatic carbocycles. The Balaban J connectivity index is 1.36. The van der Waals surface area contributed by atoms with Crippen molar-refractivity contribution in [1.82, 2.24) is 14.7 Å². The van der Waals surface area contributed by atoms with Gasteiger partial charge in [-0.1, -0.05) is 24.3 Å². The molecule has 0 spiro atoms. The van der Waals surface area contributed by atoms with Crippen molar-refractivity contribution in [3.05, 3.63) is 65.5 Å². The van der Waals surface area contributed by atoms with E-state index in [0.717, 1.165) is 30.2 Å². The van der Waals surface area contributed by atoms with Crippen LogP contribution in [-0.4, -0.2) is 34.4 Å². The Labute approximate surface area is 171 Å². The minimum absolute atomic E-state index is 0.434. The van der Waals surface area contributed by atoms with Gasteiger partial charge in [0, 0.05) is 31.4 Å². The minimum atomic E-state index is 0.434. The summed E-state index contributed by atoms with van der Waals surface area (Å²) in [5.41, 5.74) is 6.44. The number of nitrogens with zero attached hydrogens (tertiary/aromatic N) is 3. The Morgan fingerprint density at radius 3 is 2.69 bits per heavy atom. The fraction of sp³-hybridized carbons (Fsp3) is 0.375. The molecule has 150 valence electrons. The lowest BCUT2D eigenvalue weighted by atomic mass is 10.00. The molecular formula is C24H27N3O2. The summed E-state index contributed by atoms with van der Waals surface area (Å²) in [6.07, 6.45) is 6.40. The van der Waals surface area contributed by atoms with E-state index in [1.807, 2.05) is 17.9 Å². The molecule has 2 aliphatic rings. The normalized spacial score (nSPS) is 18.9. The molecule has 1 aromatic heterocycles. The summed E-state index contributed by atoms with van der Waals surface area (Å²) in [5, 5.41) is 4.29. The lowest BCUT2D eigenvalue weighted by Gasteiger charge is -2.27. The van der Waals surface area contributed by atoms with E-state index in [1.54, 1.807) is 0 Å². The molecule has 2 aromatic carbocycles. The second-order valence-corrected chi connectivity index (χ2v) is 8.08. The molecule has 0 N–H and O–H groups in total. The number of rotatable bonds is 4. The van der Waals surface area contributed by atoms with Crippen LogP contribution in [0.3, 0.4) is 0 Å². The Hall–Kier alpha value is -2.79. The third-order valence-electron chi connectivity index (χ3n) is 6.07. The van der Waals surface area contributed by atoms with Crippen LogP contribution in [0.2, 0.25) is 0 Å². The largest absolute Gasteiger partial charge is 0.486 e. The van der Waals surface area contributed by atoms with Gasteiger partial charge in [0.05, 0.1) is 6.20 Å². The van der Waals surface area contributed by atoms with E-state index >= 15 is 0 Å². The van der Waals surface area contributed by atoms with Crippen LogP contribution in [0.4, 0.5) is 0 Å². The van der Waals surface area contributed by atoms with Crippen molar-refractivity contribution >= 4 is 0 Å². The summed E-state index contributed by atoms with van der Waals surface area (Å²) in [6, 6.07) is 13.6. The van der Waals surface area contributed by atoms with Gasteiger partial charge in [0.15, 0.2) is 11.5 Å². The van der Waals surface area contributed by atoms with Gasteiger partial charge in [-0.3, -0.25) is 9.58 Å². The number of aromatic nitrogens is 2. The Morgan fingerprint density at radius 1 is 1.03 bits per heavy atom. The Kier molecular flexibility index (Phi) is 4.76. The van der Waals surface area contributed by atoms with Crippen molar-refractivity contribution in [2.45, 2.75) is 32.4 Å². The highest BCUT2D eigenvalue weighted by Crippen LogP contribution is 2.39. The summed E-state index contributed by atoms with van der Waals surface area (Å²) in [6.45, 7) is 5.58. The van der Waals surface area contributed by atoms with Gasteiger partial charge in [-0.15, -0.1) is 0 Å². The smallest absolute Gasteiger partial charge is 0.161 e. The van der Waals surface area contributed by atoms with E-state index in [0.29, 0.717) is 19.3 Å². The fourth-order valence-electron chi connectivity index (χ4n) is 4.50. The van der Waals surface area contributed by atoms with Crippen LogP contribution in [0.25, 0.3) is 11.1 Å². The van der Waals surface area contributed by atoms with Gasteiger partial charge < -0.3 is 9.47 Å². The van der Waals surface area contributed by atoms with Crippen molar-refractivity contribution in [3.8, 4) is 22.6 Å². The van der Waals surface area contributed by atoms with E-state index in [4.69, 9.17) is 9.47 Å². The second-order valence-electron chi connectivity index (χ2n) is 8.08.